The number of hydrogen-bond acceptors (Lipinski definition) is 2. The maximum absolute atomic E-state index is 12.6. The van der Waals surface area contributed by atoms with Crippen molar-refractivity contribution in [2.24, 2.45) is 5.92 Å². The van der Waals surface area contributed by atoms with Gasteiger partial charge in [-0.15, -0.1) is 0 Å². The van der Waals surface area contributed by atoms with Crippen molar-refractivity contribution in [1.29, 1.82) is 0 Å². The molecule has 1 heterocycles. The molecule has 0 spiro atoms. The summed E-state index contributed by atoms with van der Waals surface area (Å²) < 4.78 is 37.7. The fraction of sp³-hybridized carbons (Fsp3) is 0.353. The zero-order valence-corrected chi connectivity index (χ0v) is 11.8. The SMILES string of the molecule is OC1c2cccnc2CCC1Cc1ccc(C(F)(F)F)cc1. The van der Waals surface area contributed by atoms with Crippen molar-refractivity contribution in [3.8, 4) is 0 Å². The second kappa shape index (κ2) is 5.72. The van der Waals surface area contributed by atoms with Gasteiger partial charge in [0.1, 0.15) is 0 Å². The van der Waals surface area contributed by atoms with Gasteiger partial charge in [0.15, 0.2) is 0 Å². The molecule has 1 aliphatic rings. The molecule has 0 amide bonds. The van der Waals surface area contributed by atoms with Crippen LogP contribution in [0.1, 0.15) is 34.9 Å². The minimum atomic E-state index is -4.31. The molecular formula is C17H16F3NO. The van der Waals surface area contributed by atoms with E-state index in [0.29, 0.717) is 6.42 Å². The third-order valence-corrected chi connectivity index (χ3v) is 4.22. The number of halogens is 3. The number of aryl methyl sites for hydroxylation is 1. The summed E-state index contributed by atoms with van der Waals surface area (Å²) in [5, 5.41) is 10.4. The molecule has 0 radical (unpaired) electrons. The summed E-state index contributed by atoms with van der Waals surface area (Å²) in [5.74, 6) is 0.00781. The van der Waals surface area contributed by atoms with E-state index in [0.717, 1.165) is 41.8 Å². The van der Waals surface area contributed by atoms with Gasteiger partial charge in [-0.25, -0.2) is 0 Å². The van der Waals surface area contributed by atoms with Gasteiger partial charge in [-0.2, -0.15) is 13.2 Å². The Balaban J connectivity index is 1.74. The topological polar surface area (TPSA) is 33.1 Å². The Morgan fingerprint density at radius 3 is 2.55 bits per heavy atom. The molecule has 0 saturated heterocycles. The molecule has 3 rings (SSSR count). The summed E-state index contributed by atoms with van der Waals surface area (Å²) in [6.07, 6.45) is -1.08. The van der Waals surface area contributed by atoms with Gasteiger partial charge in [0.05, 0.1) is 11.7 Å². The van der Waals surface area contributed by atoms with Crippen molar-refractivity contribution in [3.63, 3.8) is 0 Å². The van der Waals surface area contributed by atoms with E-state index >= 15 is 0 Å². The minimum Gasteiger partial charge on any atom is -0.388 e. The summed E-state index contributed by atoms with van der Waals surface area (Å²) >= 11 is 0. The van der Waals surface area contributed by atoms with Crippen LogP contribution in [0.15, 0.2) is 42.6 Å². The van der Waals surface area contributed by atoms with Gasteiger partial charge in [-0.05, 0) is 48.9 Å². The molecule has 1 aromatic carbocycles. The summed E-state index contributed by atoms with van der Waals surface area (Å²) in [7, 11) is 0. The Morgan fingerprint density at radius 1 is 1.14 bits per heavy atom. The number of hydrogen-bond donors (Lipinski definition) is 1. The third-order valence-electron chi connectivity index (χ3n) is 4.22. The molecule has 2 aromatic rings. The first-order valence-electron chi connectivity index (χ1n) is 7.23. The molecule has 2 atom stereocenters. The van der Waals surface area contributed by atoms with E-state index in [9.17, 15) is 18.3 Å². The fourth-order valence-corrected chi connectivity index (χ4v) is 3.01. The van der Waals surface area contributed by atoms with Crippen LogP contribution in [-0.4, -0.2) is 10.1 Å². The van der Waals surface area contributed by atoms with Crippen LogP contribution in [-0.2, 0) is 19.0 Å². The molecule has 0 aliphatic heterocycles. The van der Waals surface area contributed by atoms with E-state index in [-0.39, 0.29) is 5.92 Å². The molecule has 0 fully saturated rings. The van der Waals surface area contributed by atoms with Gasteiger partial charge in [-0.1, -0.05) is 18.2 Å². The number of pyridine rings is 1. The Hall–Kier alpha value is -1.88. The van der Waals surface area contributed by atoms with Gasteiger partial charge in [0.25, 0.3) is 0 Å². The zero-order chi connectivity index (χ0) is 15.7. The highest BCUT2D eigenvalue weighted by molar-refractivity contribution is 5.28. The van der Waals surface area contributed by atoms with Gasteiger partial charge in [0, 0.05) is 17.5 Å². The lowest BCUT2D eigenvalue weighted by atomic mass is 9.80. The molecule has 0 bridgehead atoms. The van der Waals surface area contributed by atoms with Gasteiger partial charge in [0.2, 0.25) is 0 Å². The second-order valence-corrected chi connectivity index (χ2v) is 5.68. The zero-order valence-electron chi connectivity index (χ0n) is 11.8. The van der Waals surface area contributed by atoms with Gasteiger partial charge in [-0.3, -0.25) is 4.98 Å². The monoisotopic (exact) mass is 307 g/mol. The second-order valence-electron chi connectivity index (χ2n) is 5.68. The highest BCUT2D eigenvalue weighted by Gasteiger charge is 2.31. The summed E-state index contributed by atoms with van der Waals surface area (Å²) in [4.78, 5) is 4.26. The number of fused-ring (bicyclic) bond motifs is 1. The Bertz CT molecular complexity index is 652. The first-order chi connectivity index (χ1) is 10.4. The predicted molar refractivity (Wildman–Crippen MR) is 76.2 cm³/mol. The Kier molecular flexibility index (Phi) is 3.91. The van der Waals surface area contributed by atoms with Crippen LogP contribution in [0.25, 0.3) is 0 Å². The molecule has 116 valence electrons. The Labute approximate surface area is 126 Å². The van der Waals surface area contributed by atoms with Gasteiger partial charge < -0.3 is 5.11 Å². The number of alkyl halides is 3. The maximum atomic E-state index is 12.6. The third kappa shape index (κ3) is 2.99. The van der Waals surface area contributed by atoms with Crippen LogP contribution in [0.3, 0.4) is 0 Å². The minimum absolute atomic E-state index is 0.00781. The van der Waals surface area contributed by atoms with E-state index in [1.165, 1.54) is 12.1 Å². The molecule has 2 unspecified atom stereocenters. The van der Waals surface area contributed by atoms with E-state index in [1.807, 2.05) is 6.07 Å². The van der Waals surface area contributed by atoms with Crippen molar-refractivity contribution in [1.82, 2.24) is 4.98 Å². The average molecular weight is 307 g/mol. The Morgan fingerprint density at radius 2 is 1.86 bits per heavy atom. The highest BCUT2D eigenvalue weighted by atomic mass is 19.4. The van der Waals surface area contributed by atoms with Crippen molar-refractivity contribution in [2.75, 3.05) is 0 Å². The number of rotatable bonds is 2. The van der Waals surface area contributed by atoms with Crippen molar-refractivity contribution in [2.45, 2.75) is 31.5 Å². The van der Waals surface area contributed by atoms with Crippen LogP contribution in [0.5, 0.6) is 0 Å². The molecule has 1 aromatic heterocycles. The number of benzene rings is 1. The molecule has 1 N–H and O–H groups in total. The first-order valence-corrected chi connectivity index (χ1v) is 7.23. The normalized spacial score (nSPS) is 21.5. The van der Waals surface area contributed by atoms with E-state index in [4.69, 9.17) is 0 Å². The number of aromatic nitrogens is 1. The average Bonchev–Trinajstić information content (AvgIpc) is 2.50. The lowest BCUT2D eigenvalue weighted by molar-refractivity contribution is -0.137. The van der Waals surface area contributed by atoms with Crippen molar-refractivity contribution >= 4 is 0 Å². The van der Waals surface area contributed by atoms with Crippen molar-refractivity contribution < 1.29 is 18.3 Å². The molecule has 22 heavy (non-hydrogen) atoms. The van der Waals surface area contributed by atoms with E-state index in [2.05, 4.69) is 4.98 Å². The van der Waals surface area contributed by atoms with Crippen molar-refractivity contribution in [3.05, 3.63) is 65.0 Å². The predicted octanol–water partition coefficient (Wildman–Crippen LogP) is 3.94. The standard InChI is InChI=1S/C17H16F3NO/c18-17(19,20)13-6-3-11(4-7-13)10-12-5-8-15-14(16(12)22)2-1-9-21-15/h1-4,6-7,9,12,16,22H,5,8,10H2. The maximum Gasteiger partial charge on any atom is 0.416 e. The molecule has 5 heteroatoms. The van der Waals surface area contributed by atoms with Gasteiger partial charge >= 0.3 is 6.18 Å². The smallest absolute Gasteiger partial charge is 0.388 e. The summed E-state index contributed by atoms with van der Waals surface area (Å²) in [6, 6.07) is 8.84. The van der Waals surface area contributed by atoms with Crippen LogP contribution >= 0.6 is 0 Å². The van der Waals surface area contributed by atoms with Crippen LogP contribution < -0.4 is 0 Å². The van der Waals surface area contributed by atoms with E-state index < -0.39 is 17.8 Å². The lowest BCUT2D eigenvalue weighted by Gasteiger charge is -2.29. The van der Waals surface area contributed by atoms with E-state index in [1.54, 1.807) is 12.3 Å². The molecule has 0 saturated carbocycles. The van der Waals surface area contributed by atoms with Crippen LogP contribution in [0.2, 0.25) is 0 Å². The van der Waals surface area contributed by atoms with Crippen LogP contribution in [0, 0.1) is 5.92 Å². The number of aliphatic hydroxyl groups excluding tert-OH is 1. The quantitative estimate of drug-likeness (QED) is 0.911. The molecule has 2 nitrogen and oxygen atoms in total. The largest absolute Gasteiger partial charge is 0.416 e. The summed E-state index contributed by atoms with van der Waals surface area (Å²) in [5.41, 5.74) is 1.92. The highest BCUT2D eigenvalue weighted by Crippen LogP contribution is 2.36. The molecule has 1 aliphatic carbocycles. The number of nitrogens with zero attached hydrogens (tertiary/aromatic N) is 1. The molecular weight excluding hydrogens is 291 g/mol. The van der Waals surface area contributed by atoms with Crippen LogP contribution in [0.4, 0.5) is 13.2 Å². The first kappa shape index (κ1) is 15.0. The summed E-state index contributed by atoms with van der Waals surface area (Å²) in [6.45, 7) is 0. The number of aliphatic hydroxyl groups is 1. The fourth-order valence-electron chi connectivity index (χ4n) is 3.01. The lowest BCUT2D eigenvalue weighted by Crippen LogP contribution is -2.23.